The summed E-state index contributed by atoms with van der Waals surface area (Å²) in [5.74, 6) is 1.59. The van der Waals surface area contributed by atoms with Crippen LogP contribution in [0.2, 0.25) is 0 Å². The van der Waals surface area contributed by atoms with E-state index in [0.717, 1.165) is 42.0 Å². The van der Waals surface area contributed by atoms with Gasteiger partial charge in [-0.3, -0.25) is 0 Å². The number of nitrogens with zero attached hydrogens (tertiary/aromatic N) is 1. The molecule has 0 amide bonds. The van der Waals surface area contributed by atoms with Gasteiger partial charge in [0.05, 0.1) is 17.7 Å². The molecule has 0 unspecified atom stereocenters. The maximum Gasteiger partial charge on any atom is 0.175 e. The summed E-state index contributed by atoms with van der Waals surface area (Å²) in [6.07, 6.45) is 1.14. The second kappa shape index (κ2) is 10.0. The Balaban J connectivity index is 2.62. The van der Waals surface area contributed by atoms with Gasteiger partial charge in [-0.15, -0.1) is 0 Å². The minimum absolute atomic E-state index is 0.626. The Kier molecular flexibility index (Phi) is 8.73. The third kappa shape index (κ3) is 6.68. The summed E-state index contributed by atoms with van der Waals surface area (Å²) in [7, 11) is 4.19. The van der Waals surface area contributed by atoms with Crippen LogP contribution in [0.15, 0.2) is 16.6 Å². The second-order valence-corrected chi connectivity index (χ2v) is 5.96. The minimum Gasteiger partial charge on any atom is -0.490 e. The fourth-order valence-corrected chi connectivity index (χ4v) is 2.63. The van der Waals surface area contributed by atoms with E-state index in [4.69, 9.17) is 9.47 Å². The first-order chi connectivity index (χ1) is 10.1. The van der Waals surface area contributed by atoms with Crippen molar-refractivity contribution in [2.24, 2.45) is 0 Å². The molecule has 0 aliphatic carbocycles. The van der Waals surface area contributed by atoms with Gasteiger partial charge in [-0.2, -0.15) is 0 Å². The van der Waals surface area contributed by atoms with Crippen LogP contribution in [0.3, 0.4) is 0 Å². The molecule has 0 aliphatic heterocycles. The topological polar surface area (TPSA) is 33.7 Å². The van der Waals surface area contributed by atoms with Crippen LogP contribution in [-0.2, 0) is 6.54 Å². The summed E-state index contributed by atoms with van der Waals surface area (Å²) in [5, 5.41) is 3.46. The van der Waals surface area contributed by atoms with E-state index >= 15 is 0 Å². The number of halogens is 1. The van der Waals surface area contributed by atoms with Crippen LogP contribution in [0, 0.1) is 0 Å². The lowest BCUT2D eigenvalue weighted by molar-refractivity contribution is 0.286. The number of hydrogen-bond donors (Lipinski definition) is 1. The summed E-state index contributed by atoms with van der Waals surface area (Å²) < 4.78 is 12.3. The lowest BCUT2D eigenvalue weighted by atomic mass is 10.2. The fourth-order valence-electron chi connectivity index (χ4n) is 2.02. The van der Waals surface area contributed by atoms with E-state index in [9.17, 15) is 0 Å². The van der Waals surface area contributed by atoms with Crippen molar-refractivity contribution < 1.29 is 9.47 Å². The molecule has 0 saturated carbocycles. The van der Waals surface area contributed by atoms with Crippen LogP contribution in [0.4, 0.5) is 0 Å². The molecule has 0 saturated heterocycles. The third-order valence-electron chi connectivity index (χ3n) is 2.95. The largest absolute Gasteiger partial charge is 0.490 e. The van der Waals surface area contributed by atoms with Crippen LogP contribution >= 0.6 is 15.9 Å². The highest BCUT2D eigenvalue weighted by molar-refractivity contribution is 9.10. The van der Waals surface area contributed by atoms with Gasteiger partial charge in [0, 0.05) is 6.54 Å². The first-order valence-corrected chi connectivity index (χ1v) is 8.31. The highest BCUT2D eigenvalue weighted by Gasteiger charge is 2.11. The predicted molar refractivity (Wildman–Crippen MR) is 91.4 cm³/mol. The molecule has 1 aromatic rings. The van der Waals surface area contributed by atoms with Gasteiger partial charge >= 0.3 is 0 Å². The molecule has 0 radical (unpaired) electrons. The van der Waals surface area contributed by atoms with E-state index in [1.54, 1.807) is 0 Å². The van der Waals surface area contributed by atoms with E-state index in [1.165, 1.54) is 5.56 Å². The van der Waals surface area contributed by atoms with Gasteiger partial charge < -0.3 is 19.7 Å². The molecule has 0 fully saturated rings. The average Bonchev–Trinajstić information content (AvgIpc) is 2.42. The zero-order valence-electron chi connectivity index (χ0n) is 13.5. The summed E-state index contributed by atoms with van der Waals surface area (Å²) >= 11 is 3.57. The molecule has 4 nitrogen and oxygen atoms in total. The van der Waals surface area contributed by atoms with Crippen LogP contribution in [0.5, 0.6) is 11.5 Å². The van der Waals surface area contributed by atoms with Crippen LogP contribution in [0.25, 0.3) is 0 Å². The molecule has 120 valence electrons. The molecule has 21 heavy (non-hydrogen) atoms. The van der Waals surface area contributed by atoms with Gasteiger partial charge in [0.15, 0.2) is 11.5 Å². The Bertz CT molecular complexity index is 425. The molecule has 0 spiro atoms. The van der Waals surface area contributed by atoms with Crippen molar-refractivity contribution in [2.45, 2.75) is 26.8 Å². The molecule has 1 N–H and O–H groups in total. The number of ether oxygens (including phenoxy) is 2. The molecular formula is C16H27BrN2O2. The lowest BCUT2D eigenvalue weighted by Crippen LogP contribution is -2.21. The molecule has 0 aromatic heterocycles. The first-order valence-electron chi connectivity index (χ1n) is 7.51. The standard InChI is InChI=1S/C16H27BrN2O2/c1-5-20-15-11-13(10-14(17)16(15)21-6-2)12-18-8-7-9-19(3)4/h10-11,18H,5-9,12H2,1-4H3. The summed E-state index contributed by atoms with van der Waals surface area (Å²) in [4.78, 5) is 2.20. The van der Waals surface area contributed by atoms with E-state index in [-0.39, 0.29) is 0 Å². The summed E-state index contributed by atoms with van der Waals surface area (Å²) in [6.45, 7) is 8.15. The Hall–Kier alpha value is -0.780. The van der Waals surface area contributed by atoms with Crippen molar-refractivity contribution in [2.75, 3.05) is 40.4 Å². The van der Waals surface area contributed by atoms with E-state index < -0.39 is 0 Å². The van der Waals surface area contributed by atoms with Crippen molar-refractivity contribution in [1.82, 2.24) is 10.2 Å². The Morgan fingerprint density at radius 2 is 1.86 bits per heavy atom. The second-order valence-electron chi connectivity index (χ2n) is 5.10. The number of nitrogens with one attached hydrogen (secondary N) is 1. The van der Waals surface area contributed by atoms with Crippen molar-refractivity contribution in [1.29, 1.82) is 0 Å². The first kappa shape index (κ1) is 18.3. The fraction of sp³-hybridized carbons (Fsp3) is 0.625. The predicted octanol–water partition coefficient (Wildman–Crippen LogP) is 3.29. The summed E-state index contributed by atoms with van der Waals surface area (Å²) in [5.41, 5.74) is 1.19. The maximum absolute atomic E-state index is 5.68. The molecule has 0 aliphatic rings. The average molecular weight is 359 g/mol. The molecule has 1 aromatic carbocycles. The Labute approximate surface area is 136 Å². The highest BCUT2D eigenvalue weighted by Crippen LogP contribution is 2.36. The zero-order chi connectivity index (χ0) is 15.7. The molecule has 0 bridgehead atoms. The van der Waals surface area contributed by atoms with Crippen LogP contribution in [-0.4, -0.2) is 45.3 Å². The molecule has 1 rings (SSSR count). The van der Waals surface area contributed by atoms with Crippen LogP contribution in [0.1, 0.15) is 25.8 Å². The van der Waals surface area contributed by atoms with Gasteiger partial charge in [0.25, 0.3) is 0 Å². The number of hydrogen-bond acceptors (Lipinski definition) is 4. The zero-order valence-corrected chi connectivity index (χ0v) is 15.1. The molecule has 0 atom stereocenters. The monoisotopic (exact) mass is 358 g/mol. The van der Waals surface area contributed by atoms with Crippen molar-refractivity contribution >= 4 is 15.9 Å². The highest BCUT2D eigenvalue weighted by atomic mass is 79.9. The van der Waals surface area contributed by atoms with Crippen molar-refractivity contribution in [3.63, 3.8) is 0 Å². The molecule has 5 heteroatoms. The van der Waals surface area contributed by atoms with Crippen molar-refractivity contribution in [3.05, 3.63) is 22.2 Å². The maximum atomic E-state index is 5.68. The Morgan fingerprint density at radius 3 is 2.48 bits per heavy atom. The van der Waals surface area contributed by atoms with Crippen molar-refractivity contribution in [3.8, 4) is 11.5 Å². The van der Waals surface area contributed by atoms with E-state index in [0.29, 0.717) is 13.2 Å². The SMILES string of the molecule is CCOc1cc(CNCCCN(C)C)cc(Br)c1OCC. The van der Waals surface area contributed by atoms with Gasteiger partial charge in [-0.1, -0.05) is 0 Å². The van der Waals surface area contributed by atoms with Gasteiger partial charge in [0.1, 0.15) is 0 Å². The molecule has 0 heterocycles. The van der Waals surface area contributed by atoms with E-state index in [1.807, 2.05) is 13.8 Å². The smallest absolute Gasteiger partial charge is 0.175 e. The van der Waals surface area contributed by atoms with E-state index in [2.05, 4.69) is 52.4 Å². The van der Waals surface area contributed by atoms with Gasteiger partial charge in [-0.05, 0) is 81.1 Å². The summed E-state index contributed by atoms with van der Waals surface area (Å²) in [6, 6.07) is 4.14. The van der Waals surface area contributed by atoms with Gasteiger partial charge in [0.2, 0.25) is 0 Å². The number of benzene rings is 1. The normalized spacial score (nSPS) is 11.0. The molecular weight excluding hydrogens is 332 g/mol. The minimum atomic E-state index is 0.626. The lowest BCUT2D eigenvalue weighted by Gasteiger charge is -2.15. The Morgan fingerprint density at radius 1 is 1.14 bits per heavy atom. The van der Waals surface area contributed by atoms with Gasteiger partial charge in [-0.25, -0.2) is 0 Å². The van der Waals surface area contributed by atoms with Crippen LogP contribution < -0.4 is 14.8 Å². The number of rotatable bonds is 10. The third-order valence-corrected chi connectivity index (χ3v) is 3.53. The quantitative estimate of drug-likeness (QED) is 0.650.